The van der Waals surface area contributed by atoms with Crippen LogP contribution in [0, 0.1) is 0 Å². The number of aliphatic hydroxyl groups is 2. The first-order valence-corrected chi connectivity index (χ1v) is 5.21. The average Bonchev–Trinajstić information content (AvgIpc) is 2.27. The SMILES string of the molecule is [B][C@H]1CC[C@](O)(COC(C)(C)O)S1. The normalized spacial score (nSPS) is 35.2. The Labute approximate surface area is 84.3 Å². The Balaban J connectivity index is 2.36. The predicted octanol–water partition coefficient (Wildman–Crippen LogP) is 0.442. The van der Waals surface area contributed by atoms with Gasteiger partial charge >= 0.3 is 0 Å². The Bertz CT molecular complexity index is 183. The number of ether oxygens (including phenoxy) is 1. The zero-order valence-corrected chi connectivity index (χ0v) is 8.80. The molecule has 2 atom stereocenters. The third-order valence-electron chi connectivity index (χ3n) is 1.84. The molecule has 1 rings (SSSR count). The maximum Gasteiger partial charge on any atom is 0.159 e. The second-order valence-corrected chi connectivity index (χ2v) is 5.48. The van der Waals surface area contributed by atoms with E-state index in [1.807, 2.05) is 0 Å². The van der Waals surface area contributed by atoms with Gasteiger partial charge in [0.2, 0.25) is 0 Å². The highest BCUT2D eigenvalue weighted by Crippen LogP contribution is 2.40. The molecule has 0 aromatic carbocycles. The van der Waals surface area contributed by atoms with Crippen molar-refractivity contribution in [3.8, 4) is 0 Å². The van der Waals surface area contributed by atoms with Gasteiger partial charge in [0.05, 0.1) is 14.5 Å². The van der Waals surface area contributed by atoms with Gasteiger partial charge in [-0.05, 0) is 31.8 Å². The van der Waals surface area contributed by atoms with Crippen LogP contribution < -0.4 is 0 Å². The van der Waals surface area contributed by atoms with Gasteiger partial charge in [-0.2, -0.15) is 0 Å². The summed E-state index contributed by atoms with van der Waals surface area (Å²) >= 11 is 1.31. The van der Waals surface area contributed by atoms with E-state index in [1.165, 1.54) is 25.6 Å². The molecule has 0 amide bonds. The van der Waals surface area contributed by atoms with Crippen LogP contribution in [0.1, 0.15) is 26.7 Å². The van der Waals surface area contributed by atoms with Crippen molar-refractivity contribution in [3.05, 3.63) is 0 Å². The molecule has 5 heteroatoms. The predicted molar refractivity (Wildman–Crippen MR) is 53.6 cm³/mol. The molecule has 74 valence electrons. The molecule has 0 aliphatic carbocycles. The second-order valence-electron chi connectivity index (χ2n) is 3.88. The summed E-state index contributed by atoms with van der Waals surface area (Å²) in [7, 11) is 5.63. The van der Waals surface area contributed by atoms with Gasteiger partial charge in [-0.1, -0.05) is 0 Å². The molecule has 3 nitrogen and oxygen atoms in total. The largest absolute Gasteiger partial charge is 0.377 e. The van der Waals surface area contributed by atoms with Crippen LogP contribution in [0.2, 0.25) is 0 Å². The quantitative estimate of drug-likeness (QED) is 0.515. The van der Waals surface area contributed by atoms with E-state index in [1.54, 1.807) is 0 Å². The van der Waals surface area contributed by atoms with Crippen molar-refractivity contribution in [2.45, 2.75) is 42.6 Å². The lowest BCUT2D eigenvalue weighted by Gasteiger charge is -2.26. The topological polar surface area (TPSA) is 49.7 Å². The highest BCUT2D eigenvalue weighted by Gasteiger charge is 2.37. The first kappa shape index (κ1) is 11.4. The Hall–Kier alpha value is 0.295. The maximum absolute atomic E-state index is 9.87. The maximum atomic E-state index is 9.87. The molecule has 1 fully saturated rings. The summed E-state index contributed by atoms with van der Waals surface area (Å²) in [5, 5.41) is 19.1. The molecule has 2 N–H and O–H groups in total. The fraction of sp³-hybridized carbons (Fsp3) is 1.00. The van der Waals surface area contributed by atoms with Crippen molar-refractivity contribution in [3.63, 3.8) is 0 Å². The Morgan fingerprint density at radius 3 is 2.69 bits per heavy atom. The van der Waals surface area contributed by atoms with E-state index in [2.05, 4.69) is 0 Å². The summed E-state index contributed by atoms with van der Waals surface area (Å²) in [6.07, 6.45) is 1.41. The molecule has 13 heavy (non-hydrogen) atoms. The standard InChI is InChI=1S/C8H15BO3S/c1-7(2,10)12-5-8(11)4-3-6(9)13-8/h6,10-11H,3-5H2,1-2H3/t6-,8-/m1/s1. The summed E-state index contributed by atoms with van der Waals surface area (Å²) < 4.78 is 5.09. The van der Waals surface area contributed by atoms with E-state index in [0.29, 0.717) is 6.42 Å². The molecule has 0 unspecified atom stereocenters. The van der Waals surface area contributed by atoms with Crippen LogP contribution in [0.25, 0.3) is 0 Å². The number of thioether (sulfide) groups is 1. The van der Waals surface area contributed by atoms with Crippen molar-refractivity contribution in [1.82, 2.24) is 0 Å². The molecule has 1 aliphatic rings. The zero-order valence-electron chi connectivity index (χ0n) is 7.99. The van der Waals surface area contributed by atoms with E-state index in [-0.39, 0.29) is 11.8 Å². The second kappa shape index (κ2) is 3.81. The smallest absolute Gasteiger partial charge is 0.159 e. The van der Waals surface area contributed by atoms with Gasteiger partial charge in [-0.15, -0.1) is 11.8 Å². The summed E-state index contributed by atoms with van der Waals surface area (Å²) in [6, 6.07) is 0. The summed E-state index contributed by atoms with van der Waals surface area (Å²) in [4.78, 5) is -0.917. The van der Waals surface area contributed by atoms with Crippen molar-refractivity contribution < 1.29 is 14.9 Å². The van der Waals surface area contributed by atoms with E-state index in [0.717, 1.165) is 6.42 Å². The number of hydrogen-bond donors (Lipinski definition) is 2. The van der Waals surface area contributed by atoms with Crippen LogP contribution in [0.15, 0.2) is 0 Å². The summed E-state index contributed by atoms with van der Waals surface area (Å²) in [5.74, 6) is -1.19. The first-order chi connectivity index (χ1) is 5.81. The van der Waals surface area contributed by atoms with Gasteiger partial charge < -0.3 is 14.9 Å². The van der Waals surface area contributed by atoms with Gasteiger partial charge in [0.1, 0.15) is 4.93 Å². The molecular weight excluding hydrogens is 187 g/mol. The van der Waals surface area contributed by atoms with Crippen molar-refractivity contribution in [2.75, 3.05) is 6.61 Å². The lowest BCUT2D eigenvalue weighted by molar-refractivity contribution is -0.194. The van der Waals surface area contributed by atoms with Gasteiger partial charge in [0.25, 0.3) is 0 Å². The number of hydrogen-bond acceptors (Lipinski definition) is 4. The van der Waals surface area contributed by atoms with Crippen molar-refractivity contribution in [1.29, 1.82) is 0 Å². The minimum absolute atomic E-state index is 0.0181. The van der Waals surface area contributed by atoms with E-state index >= 15 is 0 Å². The van der Waals surface area contributed by atoms with Crippen LogP contribution in [-0.2, 0) is 4.74 Å². The van der Waals surface area contributed by atoms with Crippen LogP contribution in [0.4, 0.5) is 0 Å². The zero-order chi connectivity index (χ0) is 10.1. The molecule has 0 aromatic heterocycles. The summed E-state index contributed by atoms with van der Waals surface area (Å²) in [6.45, 7) is 3.20. The van der Waals surface area contributed by atoms with Gasteiger partial charge in [0, 0.05) is 0 Å². The number of rotatable bonds is 3. The first-order valence-electron chi connectivity index (χ1n) is 4.33. The Morgan fingerprint density at radius 2 is 2.31 bits per heavy atom. The van der Waals surface area contributed by atoms with E-state index < -0.39 is 10.7 Å². The van der Waals surface area contributed by atoms with Gasteiger partial charge in [0.15, 0.2) is 5.79 Å². The van der Waals surface area contributed by atoms with Crippen molar-refractivity contribution >= 4 is 19.6 Å². The molecule has 0 saturated carbocycles. The van der Waals surface area contributed by atoms with Gasteiger partial charge in [-0.25, -0.2) is 0 Å². The van der Waals surface area contributed by atoms with Gasteiger partial charge in [-0.3, -0.25) is 0 Å². The molecule has 0 aromatic rings. The monoisotopic (exact) mass is 202 g/mol. The molecule has 1 heterocycles. The Morgan fingerprint density at radius 1 is 1.69 bits per heavy atom. The Kier molecular flexibility index (Phi) is 3.33. The molecule has 0 bridgehead atoms. The third kappa shape index (κ3) is 3.89. The van der Waals surface area contributed by atoms with Crippen LogP contribution in [0.3, 0.4) is 0 Å². The molecular formula is C8H15BO3S. The third-order valence-corrected chi connectivity index (χ3v) is 3.14. The average molecular weight is 202 g/mol. The molecule has 0 spiro atoms. The van der Waals surface area contributed by atoms with E-state index in [9.17, 15) is 10.2 Å². The lowest BCUT2D eigenvalue weighted by atomic mass is 9.98. The lowest BCUT2D eigenvalue weighted by Crippen LogP contribution is -2.34. The van der Waals surface area contributed by atoms with E-state index in [4.69, 9.17) is 12.6 Å². The fourth-order valence-corrected chi connectivity index (χ4v) is 2.32. The van der Waals surface area contributed by atoms with Crippen LogP contribution >= 0.6 is 11.8 Å². The summed E-state index contributed by atoms with van der Waals surface area (Å²) in [5.41, 5.74) is 0. The fourth-order valence-electron chi connectivity index (χ4n) is 1.16. The minimum Gasteiger partial charge on any atom is -0.377 e. The van der Waals surface area contributed by atoms with Crippen molar-refractivity contribution in [2.24, 2.45) is 0 Å². The van der Waals surface area contributed by atoms with Crippen LogP contribution in [-0.4, -0.2) is 40.5 Å². The van der Waals surface area contributed by atoms with Crippen LogP contribution in [0.5, 0.6) is 0 Å². The highest BCUT2D eigenvalue weighted by atomic mass is 32.2. The molecule has 1 saturated heterocycles. The molecule has 2 radical (unpaired) electrons. The molecule has 1 aliphatic heterocycles. The highest BCUT2D eigenvalue weighted by molar-refractivity contribution is 8.02. The minimum atomic E-state index is -1.19.